The van der Waals surface area contributed by atoms with Crippen LogP contribution in [0.1, 0.15) is 61.1 Å². The number of benzene rings is 2. The molecule has 0 heterocycles. The van der Waals surface area contributed by atoms with Crippen LogP contribution in [0.3, 0.4) is 0 Å². The molecule has 0 aromatic heterocycles. The van der Waals surface area contributed by atoms with Gasteiger partial charge in [-0.2, -0.15) is 0 Å². The van der Waals surface area contributed by atoms with Gasteiger partial charge in [-0.1, -0.05) is 36.4 Å². The number of aryl methyl sites for hydroxylation is 2. The van der Waals surface area contributed by atoms with E-state index < -0.39 is 8.99 Å². The van der Waals surface area contributed by atoms with E-state index in [2.05, 4.69) is 77.9 Å². The van der Waals surface area contributed by atoms with Crippen molar-refractivity contribution >= 4 is 43.9 Å². The predicted molar refractivity (Wildman–Crippen MR) is 120 cm³/mol. The average molecular weight is 459 g/mol. The molecule has 28 heavy (non-hydrogen) atoms. The summed E-state index contributed by atoms with van der Waals surface area (Å²) in [5.74, 6) is 0. The smallest absolute Gasteiger partial charge is 0.114 e. The van der Waals surface area contributed by atoms with Gasteiger partial charge >= 0.3 is 0 Å². The Balaban J connectivity index is 0.00000225. The van der Waals surface area contributed by atoms with Crippen molar-refractivity contribution in [2.75, 3.05) is 0 Å². The van der Waals surface area contributed by atoms with Crippen LogP contribution in [0.15, 0.2) is 47.5 Å². The number of hydrogen-bond donors (Lipinski definition) is 0. The third-order valence-corrected chi connectivity index (χ3v) is 10.1. The van der Waals surface area contributed by atoms with Gasteiger partial charge in [0.05, 0.1) is 8.99 Å². The Morgan fingerprint density at radius 2 is 1.00 bits per heavy atom. The van der Waals surface area contributed by atoms with E-state index in [0.29, 0.717) is 9.52 Å². The number of fused-ring (bicyclic) bond motifs is 2. The molecule has 0 fully saturated rings. The van der Waals surface area contributed by atoms with Gasteiger partial charge in [0, 0.05) is 21.7 Å². The summed E-state index contributed by atoms with van der Waals surface area (Å²) in [6, 6.07) is 12.9. The van der Waals surface area contributed by atoms with Gasteiger partial charge in [-0.3, -0.25) is 0 Å². The first-order chi connectivity index (χ1) is 12.6. The van der Waals surface area contributed by atoms with Crippen molar-refractivity contribution in [3.8, 4) is 0 Å². The van der Waals surface area contributed by atoms with Crippen molar-refractivity contribution in [2.24, 2.45) is 0 Å². The van der Waals surface area contributed by atoms with Crippen molar-refractivity contribution < 1.29 is 21.7 Å². The summed E-state index contributed by atoms with van der Waals surface area (Å²) in [4.78, 5) is 0. The second kappa shape index (κ2) is 7.29. The van der Waals surface area contributed by atoms with Gasteiger partial charge in [-0.25, -0.2) is 0 Å². The fraction of sp³-hybridized carbons (Fsp3) is 0.333. The molecule has 2 atom stereocenters. The average Bonchev–Trinajstić information content (AvgIpc) is 2.93. The minimum Gasteiger partial charge on any atom is -0.114 e. The molecule has 4 heteroatoms. The number of halogens is 2. The van der Waals surface area contributed by atoms with Crippen LogP contribution in [0.25, 0.3) is 11.1 Å². The molecule has 0 aliphatic heterocycles. The molecule has 142 valence electrons. The van der Waals surface area contributed by atoms with E-state index in [1.54, 1.807) is 0 Å². The van der Waals surface area contributed by atoms with E-state index in [1.165, 1.54) is 55.7 Å². The van der Waals surface area contributed by atoms with Crippen molar-refractivity contribution in [3.05, 3.63) is 80.9 Å². The number of rotatable bonds is 2. The Morgan fingerprint density at radius 3 is 1.36 bits per heavy atom. The fourth-order valence-corrected chi connectivity index (χ4v) is 8.27. The maximum absolute atomic E-state index is 7.45. The van der Waals surface area contributed by atoms with Crippen LogP contribution in [-0.2, 0) is 30.7 Å². The number of allylic oxidation sites excluding steroid dienone is 4. The Morgan fingerprint density at radius 1 is 0.643 bits per heavy atom. The zero-order chi connectivity index (χ0) is 19.7. The zero-order valence-corrected chi connectivity index (χ0v) is 21.3. The summed E-state index contributed by atoms with van der Waals surface area (Å²) in [6.45, 7) is 13.1. The molecule has 2 aromatic rings. The second-order valence-corrected chi connectivity index (χ2v) is 11.5. The Bertz CT molecular complexity index is 969. The van der Waals surface area contributed by atoms with Crippen molar-refractivity contribution in [2.45, 2.75) is 50.5 Å². The third-order valence-electron chi connectivity index (χ3n) is 6.54. The fourth-order valence-electron chi connectivity index (χ4n) is 4.76. The first kappa shape index (κ1) is 22.1. The molecule has 0 N–H and O–H groups in total. The van der Waals surface area contributed by atoms with Gasteiger partial charge in [0.25, 0.3) is 0 Å². The molecule has 2 unspecified atom stereocenters. The standard InChI is InChI=1S/C24H24Cl2Si.Ti/c1-13-9-7-11-19-21(13)15(3)17(5)23(19,25)27-24(26)18(6)16(4)22-14(2)10-8-12-20(22)24;/h7-12H,1-6H3;. The van der Waals surface area contributed by atoms with Crippen molar-refractivity contribution in [1.29, 1.82) is 0 Å². The third kappa shape index (κ3) is 2.82. The van der Waals surface area contributed by atoms with E-state index in [9.17, 15) is 0 Å². The van der Waals surface area contributed by atoms with E-state index in [4.69, 9.17) is 23.2 Å². The van der Waals surface area contributed by atoms with Gasteiger partial charge in [0.15, 0.2) is 0 Å². The van der Waals surface area contributed by atoms with Gasteiger partial charge in [-0.15, -0.1) is 23.2 Å². The molecule has 0 saturated carbocycles. The van der Waals surface area contributed by atoms with Gasteiger partial charge in [-0.05, 0) is 97.2 Å². The largest absolute Gasteiger partial charge is 0.118 e. The van der Waals surface area contributed by atoms with E-state index >= 15 is 0 Å². The van der Waals surface area contributed by atoms with E-state index in [-0.39, 0.29) is 21.7 Å². The quantitative estimate of drug-likeness (QED) is 0.332. The van der Waals surface area contributed by atoms with Crippen LogP contribution in [0, 0.1) is 13.8 Å². The number of alkyl halides is 2. The van der Waals surface area contributed by atoms with Gasteiger partial charge in [0.2, 0.25) is 0 Å². The predicted octanol–water partition coefficient (Wildman–Crippen LogP) is 7.10. The summed E-state index contributed by atoms with van der Waals surface area (Å²) in [5.41, 5.74) is 12.7. The SMILES string of the molecule is CC1=C(C)C(Cl)([Si]C2(Cl)C(C)=C(C)c3c(C)cccc32)c2cccc(C)c21.[Ti]. The summed E-state index contributed by atoms with van der Waals surface area (Å²) < 4.78 is -1.11. The summed E-state index contributed by atoms with van der Waals surface area (Å²) in [5, 5.41) is 0. The molecule has 2 aliphatic rings. The van der Waals surface area contributed by atoms with E-state index in [0.717, 1.165) is 0 Å². The summed E-state index contributed by atoms with van der Waals surface area (Å²) in [7, 11) is 0.320. The van der Waals surface area contributed by atoms with Gasteiger partial charge < -0.3 is 0 Å². The topological polar surface area (TPSA) is 0 Å². The van der Waals surface area contributed by atoms with Crippen LogP contribution in [0.4, 0.5) is 0 Å². The second-order valence-electron chi connectivity index (χ2n) is 7.94. The minimum atomic E-state index is -0.555. The van der Waals surface area contributed by atoms with Crippen LogP contribution in [-0.4, -0.2) is 9.52 Å². The van der Waals surface area contributed by atoms with Crippen molar-refractivity contribution in [1.82, 2.24) is 0 Å². The summed E-state index contributed by atoms with van der Waals surface area (Å²) >= 11 is 14.9. The van der Waals surface area contributed by atoms with E-state index in [1.807, 2.05) is 0 Å². The molecular weight excluding hydrogens is 435 g/mol. The molecular formula is C24H24Cl2SiTi. The zero-order valence-electron chi connectivity index (χ0n) is 17.2. The van der Waals surface area contributed by atoms with Gasteiger partial charge in [0.1, 0.15) is 9.52 Å². The first-order valence-electron chi connectivity index (χ1n) is 9.37. The molecule has 2 aliphatic carbocycles. The van der Waals surface area contributed by atoms with Crippen LogP contribution >= 0.6 is 23.2 Å². The number of hydrogen-bond acceptors (Lipinski definition) is 0. The molecule has 0 spiro atoms. The van der Waals surface area contributed by atoms with Crippen LogP contribution < -0.4 is 0 Å². The molecule has 0 bridgehead atoms. The molecule has 2 radical (unpaired) electrons. The molecule has 0 amide bonds. The molecule has 0 saturated heterocycles. The minimum absolute atomic E-state index is 0. The molecule has 4 rings (SSSR count). The van der Waals surface area contributed by atoms with Crippen LogP contribution in [0.5, 0.6) is 0 Å². The first-order valence-corrected chi connectivity index (χ1v) is 11.1. The Hall–Kier alpha value is -0.569. The maximum Gasteiger partial charge on any atom is 0.118 e. The normalized spacial score (nSPS) is 25.7. The molecule has 0 nitrogen and oxygen atoms in total. The maximum atomic E-state index is 7.45. The van der Waals surface area contributed by atoms with Crippen molar-refractivity contribution in [3.63, 3.8) is 0 Å². The molecule has 2 aromatic carbocycles. The van der Waals surface area contributed by atoms with Crippen LogP contribution in [0.2, 0.25) is 0 Å². The Labute approximate surface area is 196 Å². The monoisotopic (exact) mass is 458 g/mol. The Kier molecular flexibility index (Phi) is 5.76. The summed E-state index contributed by atoms with van der Waals surface area (Å²) in [6.07, 6.45) is 0.